The second-order valence-corrected chi connectivity index (χ2v) is 3.68. The standard InChI is InChI=1S/C7H5ClF2IN/c1-3-4(7(9)10)2-12-6(8)5(3)11/h2,7H,1H3. The first-order valence-corrected chi connectivity index (χ1v) is 4.58. The summed E-state index contributed by atoms with van der Waals surface area (Å²) in [6.45, 7) is 1.61. The lowest BCUT2D eigenvalue weighted by atomic mass is 10.2. The second kappa shape index (κ2) is 3.83. The van der Waals surface area contributed by atoms with Crippen LogP contribution in [0.15, 0.2) is 6.20 Å². The molecule has 1 nitrogen and oxygen atoms in total. The number of hydrogen-bond donors (Lipinski definition) is 0. The van der Waals surface area contributed by atoms with E-state index in [0.717, 1.165) is 6.20 Å². The first-order chi connectivity index (χ1) is 5.54. The average Bonchev–Trinajstić information content (AvgIpc) is 2.00. The van der Waals surface area contributed by atoms with E-state index in [1.807, 2.05) is 22.6 Å². The van der Waals surface area contributed by atoms with Crippen molar-refractivity contribution in [1.82, 2.24) is 4.98 Å². The molecule has 0 bridgehead atoms. The highest BCUT2D eigenvalue weighted by molar-refractivity contribution is 14.1. The van der Waals surface area contributed by atoms with Crippen molar-refractivity contribution in [2.45, 2.75) is 13.3 Å². The molecule has 1 aromatic heterocycles. The van der Waals surface area contributed by atoms with Gasteiger partial charge in [-0.2, -0.15) is 0 Å². The van der Waals surface area contributed by atoms with Crippen molar-refractivity contribution in [3.63, 3.8) is 0 Å². The fraction of sp³-hybridized carbons (Fsp3) is 0.286. The SMILES string of the molecule is Cc1c(C(F)F)cnc(Cl)c1I. The Bertz CT molecular complexity index is 304. The van der Waals surface area contributed by atoms with Gasteiger partial charge in [-0.3, -0.25) is 0 Å². The van der Waals surface area contributed by atoms with Gasteiger partial charge in [-0.05, 0) is 35.1 Å². The third-order valence-electron chi connectivity index (χ3n) is 1.50. The lowest BCUT2D eigenvalue weighted by Gasteiger charge is -2.06. The number of nitrogens with zero attached hydrogens (tertiary/aromatic N) is 1. The van der Waals surface area contributed by atoms with Crippen molar-refractivity contribution < 1.29 is 8.78 Å². The molecule has 0 aliphatic heterocycles. The van der Waals surface area contributed by atoms with Gasteiger partial charge >= 0.3 is 0 Å². The summed E-state index contributed by atoms with van der Waals surface area (Å²) in [4.78, 5) is 3.64. The van der Waals surface area contributed by atoms with Crippen LogP contribution in [0.25, 0.3) is 0 Å². The highest BCUT2D eigenvalue weighted by atomic mass is 127. The van der Waals surface area contributed by atoms with Gasteiger partial charge in [-0.1, -0.05) is 11.6 Å². The molecule has 0 atom stereocenters. The number of pyridine rings is 1. The molecule has 1 aromatic rings. The van der Waals surface area contributed by atoms with Gasteiger partial charge < -0.3 is 0 Å². The van der Waals surface area contributed by atoms with E-state index in [9.17, 15) is 8.78 Å². The predicted octanol–water partition coefficient (Wildman–Crippen LogP) is 3.59. The summed E-state index contributed by atoms with van der Waals surface area (Å²) in [5.41, 5.74) is 0.453. The topological polar surface area (TPSA) is 12.9 Å². The van der Waals surface area contributed by atoms with Crippen LogP contribution < -0.4 is 0 Å². The zero-order valence-corrected chi connectivity index (χ0v) is 9.03. The molecule has 0 N–H and O–H groups in total. The normalized spacial score (nSPS) is 10.8. The molecule has 0 fully saturated rings. The van der Waals surface area contributed by atoms with E-state index in [0.29, 0.717) is 9.13 Å². The first kappa shape index (κ1) is 10.1. The Balaban J connectivity index is 3.27. The smallest absolute Gasteiger partial charge is 0.243 e. The number of rotatable bonds is 1. The van der Waals surface area contributed by atoms with Crippen LogP contribution in [0.3, 0.4) is 0 Å². The zero-order valence-electron chi connectivity index (χ0n) is 6.11. The number of alkyl halides is 2. The van der Waals surface area contributed by atoms with E-state index >= 15 is 0 Å². The molecule has 0 aromatic carbocycles. The molecule has 66 valence electrons. The van der Waals surface area contributed by atoms with Crippen LogP contribution >= 0.6 is 34.2 Å². The highest BCUT2D eigenvalue weighted by Crippen LogP contribution is 2.28. The van der Waals surface area contributed by atoms with Crippen LogP contribution in [-0.4, -0.2) is 4.98 Å². The summed E-state index contributed by atoms with van der Waals surface area (Å²) in [6.07, 6.45) is -1.37. The zero-order chi connectivity index (χ0) is 9.30. The fourth-order valence-corrected chi connectivity index (χ4v) is 1.42. The molecule has 1 heterocycles. The predicted molar refractivity (Wildman–Crippen MR) is 51.7 cm³/mol. The van der Waals surface area contributed by atoms with E-state index < -0.39 is 6.43 Å². The molecule has 0 unspecified atom stereocenters. The van der Waals surface area contributed by atoms with Crippen LogP contribution in [0, 0.1) is 10.5 Å². The van der Waals surface area contributed by atoms with E-state index in [2.05, 4.69) is 4.98 Å². The molecule has 0 saturated heterocycles. The molecule has 0 saturated carbocycles. The Morgan fingerprint density at radius 2 is 2.17 bits per heavy atom. The van der Waals surface area contributed by atoms with Gasteiger partial charge in [-0.15, -0.1) is 0 Å². The van der Waals surface area contributed by atoms with E-state index in [1.165, 1.54) is 0 Å². The summed E-state index contributed by atoms with van der Waals surface area (Å²) in [5, 5.41) is 0.275. The van der Waals surface area contributed by atoms with Gasteiger partial charge in [-0.25, -0.2) is 13.8 Å². The molecule has 5 heteroatoms. The molecule has 0 aliphatic carbocycles. The van der Waals surface area contributed by atoms with Crippen molar-refractivity contribution in [2.75, 3.05) is 0 Å². The number of halogens is 4. The molecule has 0 aliphatic rings. The third-order valence-corrected chi connectivity index (χ3v) is 3.42. The van der Waals surface area contributed by atoms with Crippen LogP contribution in [-0.2, 0) is 0 Å². The fourth-order valence-electron chi connectivity index (χ4n) is 0.781. The van der Waals surface area contributed by atoms with Crippen molar-refractivity contribution in [3.8, 4) is 0 Å². The molecular formula is C7H5ClF2IN. The van der Waals surface area contributed by atoms with Gasteiger partial charge in [0, 0.05) is 11.8 Å². The minimum Gasteiger partial charge on any atom is -0.243 e. The summed E-state index contributed by atoms with van der Waals surface area (Å²) < 4.78 is 25.1. The summed E-state index contributed by atoms with van der Waals surface area (Å²) in [7, 11) is 0. The van der Waals surface area contributed by atoms with Crippen LogP contribution in [0.5, 0.6) is 0 Å². The van der Waals surface area contributed by atoms with Crippen molar-refractivity contribution in [1.29, 1.82) is 0 Å². The van der Waals surface area contributed by atoms with Gasteiger partial charge in [0.1, 0.15) is 5.15 Å². The van der Waals surface area contributed by atoms with Gasteiger partial charge in [0.2, 0.25) is 0 Å². The van der Waals surface area contributed by atoms with E-state index in [-0.39, 0.29) is 10.7 Å². The Morgan fingerprint density at radius 3 is 2.67 bits per heavy atom. The van der Waals surface area contributed by atoms with Crippen LogP contribution in [0.4, 0.5) is 8.78 Å². The maximum atomic E-state index is 12.3. The van der Waals surface area contributed by atoms with Gasteiger partial charge in [0.05, 0.1) is 3.57 Å². The minimum absolute atomic E-state index is 0.0520. The maximum absolute atomic E-state index is 12.3. The first-order valence-electron chi connectivity index (χ1n) is 3.12. The molecule has 0 amide bonds. The second-order valence-electron chi connectivity index (χ2n) is 2.24. The van der Waals surface area contributed by atoms with Crippen molar-refractivity contribution in [3.05, 3.63) is 26.0 Å². The van der Waals surface area contributed by atoms with E-state index in [1.54, 1.807) is 6.92 Å². The lowest BCUT2D eigenvalue weighted by molar-refractivity contribution is 0.150. The Morgan fingerprint density at radius 1 is 1.58 bits per heavy atom. The Hall–Kier alpha value is 0.0300. The van der Waals surface area contributed by atoms with Crippen LogP contribution in [0.1, 0.15) is 17.6 Å². The number of hydrogen-bond acceptors (Lipinski definition) is 1. The van der Waals surface area contributed by atoms with Crippen LogP contribution in [0.2, 0.25) is 5.15 Å². The van der Waals surface area contributed by atoms with Gasteiger partial charge in [0.15, 0.2) is 0 Å². The lowest BCUT2D eigenvalue weighted by Crippen LogP contribution is -1.95. The summed E-state index contributed by atoms with van der Waals surface area (Å²) >= 11 is 7.53. The molecule has 1 rings (SSSR count). The summed E-state index contributed by atoms with van der Waals surface area (Å²) in [6, 6.07) is 0. The number of aromatic nitrogens is 1. The maximum Gasteiger partial charge on any atom is 0.265 e. The molecule has 0 radical (unpaired) electrons. The summed E-state index contributed by atoms with van der Waals surface area (Å²) in [5.74, 6) is 0. The highest BCUT2D eigenvalue weighted by Gasteiger charge is 2.14. The molecular weight excluding hydrogens is 298 g/mol. The Labute approximate surface area is 87.3 Å². The third kappa shape index (κ3) is 1.85. The average molecular weight is 303 g/mol. The van der Waals surface area contributed by atoms with Crippen molar-refractivity contribution >= 4 is 34.2 Å². The molecule has 12 heavy (non-hydrogen) atoms. The molecule has 0 spiro atoms. The largest absolute Gasteiger partial charge is 0.265 e. The minimum atomic E-state index is -2.48. The van der Waals surface area contributed by atoms with E-state index in [4.69, 9.17) is 11.6 Å². The monoisotopic (exact) mass is 303 g/mol. The quantitative estimate of drug-likeness (QED) is 0.571. The Kier molecular flexibility index (Phi) is 3.22. The van der Waals surface area contributed by atoms with Gasteiger partial charge in [0.25, 0.3) is 6.43 Å². The van der Waals surface area contributed by atoms with Crippen molar-refractivity contribution in [2.24, 2.45) is 0 Å².